The average Bonchev–Trinajstić information content (AvgIpc) is 3.86. The summed E-state index contributed by atoms with van der Waals surface area (Å²) >= 11 is 0. The van der Waals surface area contributed by atoms with Gasteiger partial charge in [0.15, 0.2) is 0 Å². The molecule has 3 aromatic heterocycles. The smallest absolute Gasteiger partial charge is 0.137 e. The minimum Gasteiger partial charge on any atom is -0.456 e. The molecule has 0 aliphatic rings. The van der Waals surface area contributed by atoms with Crippen LogP contribution < -0.4 is 0 Å². The second-order valence-electron chi connectivity index (χ2n) is 11.3. The fraction of sp³-hybridized carbons (Fsp3) is 0. The quantitative estimate of drug-likeness (QED) is 0.208. The Balaban J connectivity index is 1.12. The van der Waals surface area contributed by atoms with Crippen LogP contribution >= 0.6 is 0 Å². The zero-order valence-corrected chi connectivity index (χ0v) is 23.7. The van der Waals surface area contributed by atoms with Crippen LogP contribution in [0.5, 0.6) is 0 Å². The van der Waals surface area contributed by atoms with E-state index < -0.39 is 0 Å². The number of benzene rings is 7. The molecule has 0 aliphatic heterocycles. The van der Waals surface area contributed by atoms with E-state index in [0.717, 1.165) is 44.2 Å². The molecular formula is C42H25NO2. The van der Waals surface area contributed by atoms with Gasteiger partial charge in [0.1, 0.15) is 22.3 Å². The van der Waals surface area contributed by atoms with E-state index in [4.69, 9.17) is 14.3 Å². The summed E-state index contributed by atoms with van der Waals surface area (Å²) in [4.78, 5) is 0. The normalized spacial score (nSPS) is 13.9. The van der Waals surface area contributed by atoms with Crippen LogP contribution in [0.15, 0.2) is 160 Å². The molecule has 3 nitrogen and oxygen atoms in total. The highest BCUT2D eigenvalue weighted by atomic mass is 16.3. The summed E-state index contributed by atoms with van der Waals surface area (Å²) in [6.07, 6.45) is 0. The lowest BCUT2D eigenvalue weighted by molar-refractivity contribution is 0.668. The first-order chi connectivity index (χ1) is 24.8. The molecule has 0 fully saturated rings. The molecule has 3 heterocycles. The zero-order valence-electron chi connectivity index (χ0n) is 29.7. The molecule has 3 heteroatoms. The van der Waals surface area contributed by atoms with Gasteiger partial charge in [0, 0.05) is 44.0 Å². The Labute approximate surface area is 266 Å². The molecule has 0 amide bonds. The number of hydrogen-bond donors (Lipinski definition) is 0. The van der Waals surface area contributed by atoms with E-state index in [1.165, 1.54) is 0 Å². The van der Waals surface area contributed by atoms with Crippen molar-refractivity contribution in [3.63, 3.8) is 0 Å². The molecule has 0 unspecified atom stereocenters. The van der Waals surface area contributed by atoms with E-state index >= 15 is 0 Å². The van der Waals surface area contributed by atoms with E-state index in [2.05, 4.69) is 42.5 Å². The summed E-state index contributed by atoms with van der Waals surface area (Å²) in [5, 5.41) is 3.80. The van der Waals surface area contributed by atoms with Crippen LogP contribution in [0.2, 0.25) is 0 Å². The Bertz CT molecular complexity index is 3080. The van der Waals surface area contributed by atoms with Gasteiger partial charge in [-0.25, -0.2) is 0 Å². The third-order valence-corrected chi connectivity index (χ3v) is 8.73. The lowest BCUT2D eigenvalue weighted by Gasteiger charge is -2.10. The molecule has 0 N–H and O–H groups in total. The number of fused-ring (bicyclic) bond motifs is 9. The zero-order chi connectivity index (χ0) is 34.7. The summed E-state index contributed by atoms with van der Waals surface area (Å²) < 4.78 is 67.3. The molecular weight excluding hydrogens is 550 g/mol. The molecule has 45 heavy (non-hydrogen) atoms. The fourth-order valence-corrected chi connectivity index (χ4v) is 6.55. The van der Waals surface area contributed by atoms with Gasteiger partial charge in [-0.1, -0.05) is 97.0 Å². The largest absolute Gasteiger partial charge is 0.456 e. The van der Waals surface area contributed by atoms with Crippen molar-refractivity contribution in [2.24, 2.45) is 0 Å². The van der Waals surface area contributed by atoms with Gasteiger partial charge in [0.05, 0.1) is 19.3 Å². The molecule has 0 spiro atoms. The van der Waals surface area contributed by atoms with Gasteiger partial charge in [-0.05, 0) is 70.7 Å². The summed E-state index contributed by atoms with van der Waals surface area (Å²) in [6.45, 7) is 0. The van der Waals surface area contributed by atoms with Crippen LogP contribution in [0.1, 0.15) is 8.22 Å². The second kappa shape index (κ2) is 9.22. The monoisotopic (exact) mass is 581 g/mol. The maximum Gasteiger partial charge on any atom is 0.137 e. The summed E-state index contributed by atoms with van der Waals surface area (Å²) in [5.41, 5.74) is 7.75. The maximum absolute atomic E-state index is 9.36. The highest BCUT2D eigenvalue weighted by Gasteiger charge is 2.16. The van der Waals surface area contributed by atoms with Crippen LogP contribution in [-0.4, -0.2) is 4.57 Å². The van der Waals surface area contributed by atoms with Crippen molar-refractivity contribution in [2.75, 3.05) is 0 Å². The SMILES string of the molecule is [2H]c1c([2H])c([2H])c2c(c1[2H])c1c([2H])c3c(oc4ccccc43)c([2H])c1n2-c1ccc(-c2ccc(-c3ccc4oc5ccccc5c4c3)cc2)cc1. The van der Waals surface area contributed by atoms with Crippen LogP contribution in [-0.2, 0) is 0 Å². The van der Waals surface area contributed by atoms with E-state index in [9.17, 15) is 2.74 Å². The third-order valence-electron chi connectivity index (χ3n) is 8.73. The lowest BCUT2D eigenvalue weighted by atomic mass is 9.99. The van der Waals surface area contributed by atoms with E-state index in [-0.39, 0.29) is 52.7 Å². The number of rotatable bonds is 3. The second-order valence-corrected chi connectivity index (χ2v) is 11.3. The lowest BCUT2D eigenvalue weighted by Crippen LogP contribution is -1.93. The first-order valence-corrected chi connectivity index (χ1v) is 14.8. The minimum absolute atomic E-state index is 0.0153. The molecule has 10 rings (SSSR count). The number of nitrogens with zero attached hydrogens (tertiary/aromatic N) is 1. The average molecular weight is 582 g/mol. The number of para-hydroxylation sites is 3. The number of hydrogen-bond acceptors (Lipinski definition) is 2. The topological polar surface area (TPSA) is 31.2 Å². The first kappa shape index (κ1) is 19.3. The Morgan fingerprint density at radius 2 is 1.00 bits per heavy atom. The molecule has 0 bridgehead atoms. The van der Waals surface area contributed by atoms with E-state index in [0.29, 0.717) is 32.9 Å². The predicted octanol–water partition coefficient (Wildman–Crippen LogP) is 11.9. The van der Waals surface area contributed by atoms with Crippen LogP contribution in [0.4, 0.5) is 0 Å². The van der Waals surface area contributed by atoms with Crippen molar-refractivity contribution in [3.8, 4) is 27.9 Å². The summed E-state index contributed by atoms with van der Waals surface area (Å²) in [6, 6.07) is 36.5. The molecule has 0 radical (unpaired) electrons. The van der Waals surface area contributed by atoms with Crippen molar-refractivity contribution in [1.29, 1.82) is 0 Å². The number of furan rings is 2. The van der Waals surface area contributed by atoms with Gasteiger partial charge >= 0.3 is 0 Å². The number of aromatic nitrogens is 1. The standard InChI is InChI=1S/C42H25NO2/c1-4-10-37-31(7-1)34-24-36-33-9-3-6-12-40(33)45-42(36)25-38(34)43(37)30-20-17-27(18-21-30)26-13-15-28(16-14-26)29-19-22-41-35(23-29)32-8-2-5-11-39(32)44-41/h1-25H/i1D,4D,7D,10D,24D,25D. The van der Waals surface area contributed by atoms with Gasteiger partial charge in [-0.15, -0.1) is 0 Å². The van der Waals surface area contributed by atoms with Crippen molar-refractivity contribution in [2.45, 2.75) is 0 Å². The third kappa shape index (κ3) is 3.65. The van der Waals surface area contributed by atoms with Crippen LogP contribution in [0.25, 0.3) is 93.6 Å². The Morgan fingerprint density at radius 1 is 0.422 bits per heavy atom. The molecule has 0 atom stereocenters. The minimum atomic E-state index is -0.383. The Hall–Kier alpha value is -6.06. The molecule has 7 aromatic carbocycles. The van der Waals surface area contributed by atoms with Gasteiger partial charge in [-0.3, -0.25) is 0 Å². The van der Waals surface area contributed by atoms with Gasteiger partial charge in [0.25, 0.3) is 0 Å². The molecule has 210 valence electrons. The van der Waals surface area contributed by atoms with Gasteiger partial charge in [-0.2, -0.15) is 0 Å². The highest BCUT2D eigenvalue weighted by molar-refractivity contribution is 6.17. The van der Waals surface area contributed by atoms with Crippen molar-refractivity contribution >= 4 is 65.7 Å². The van der Waals surface area contributed by atoms with E-state index in [1.807, 2.05) is 66.7 Å². The van der Waals surface area contributed by atoms with E-state index in [1.54, 1.807) is 10.6 Å². The van der Waals surface area contributed by atoms with Crippen molar-refractivity contribution in [3.05, 3.63) is 152 Å². The first-order valence-electron chi connectivity index (χ1n) is 17.8. The highest BCUT2D eigenvalue weighted by Crippen LogP contribution is 2.39. The van der Waals surface area contributed by atoms with Crippen LogP contribution in [0.3, 0.4) is 0 Å². The summed E-state index contributed by atoms with van der Waals surface area (Å²) in [7, 11) is 0. The maximum atomic E-state index is 9.36. The molecule has 0 saturated carbocycles. The predicted molar refractivity (Wildman–Crippen MR) is 186 cm³/mol. The van der Waals surface area contributed by atoms with Crippen LogP contribution in [0, 0.1) is 0 Å². The summed E-state index contributed by atoms with van der Waals surface area (Å²) in [5.74, 6) is 0. The Kier molecular flexibility index (Phi) is 3.95. The van der Waals surface area contributed by atoms with Crippen molar-refractivity contribution in [1.82, 2.24) is 4.57 Å². The van der Waals surface area contributed by atoms with Gasteiger partial charge in [0.2, 0.25) is 0 Å². The Morgan fingerprint density at radius 3 is 1.76 bits per heavy atom. The van der Waals surface area contributed by atoms with Gasteiger partial charge < -0.3 is 13.4 Å². The molecule has 0 aliphatic carbocycles. The fourth-order valence-electron chi connectivity index (χ4n) is 6.55. The molecule has 10 aromatic rings. The molecule has 0 saturated heterocycles. The van der Waals surface area contributed by atoms with Crippen molar-refractivity contribution < 1.29 is 17.1 Å².